The first kappa shape index (κ1) is 69.7. The van der Waals surface area contributed by atoms with E-state index in [1.165, 1.54) is 95.3 Å². The van der Waals surface area contributed by atoms with Crippen LogP contribution in [-0.2, 0) is 47.4 Å². The maximum atomic E-state index is 15.1. The van der Waals surface area contributed by atoms with Crippen molar-refractivity contribution in [1.29, 1.82) is 0 Å². The number of hydrogen-bond donors (Lipinski definition) is 0. The number of carbonyl (C=O) groups is 7. The molecule has 20 nitrogen and oxygen atoms in total. The summed E-state index contributed by atoms with van der Waals surface area (Å²) in [5, 5.41) is 0.367. The fraction of sp³-hybridized carbons (Fsp3) is 0.160. The summed E-state index contributed by atoms with van der Waals surface area (Å²) in [5.41, 5.74) is 1.41. The number of nitrogens with zero attached hydrogens (tertiary/aromatic N) is 3. The van der Waals surface area contributed by atoms with E-state index in [4.69, 9.17) is 69.0 Å². The molecule has 502 valence electrons. The van der Waals surface area contributed by atoms with Crippen molar-refractivity contribution in [2.75, 3.05) is 13.2 Å². The second-order valence-corrected chi connectivity index (χ2v) is 24.4. The van der Waals surface area contributed by atoms with Gasteiger partial charge in [-0.05, 0) is 136 Å². The molecule has 0 N–H and O–H groups in total. The van der Waals surface area contributed by atoms with E-state index in [-0.39, 0.29) is 56.2 Å². The van der Waals surface area contributed by atoms with Crippen LogP contribution in [0.15, 0.2) is 277 Å². The highest BCUT2D eigenvalue weighted by Crippen LogP contribution is 2.38. The molecule has 0 aliphatic carbocycles. The summed E-state index contributed by atoms with van der Waals surface area (Å²) < 4.78 is 67.4. The summed E-state index contributed by atoms with van der Waals surface area (Å²) >= 11 is 6.69. The van der Waals surface area contributed by atoms with E-state index >= 15 is 4.79 Å². The van der Waals surface area contributed by atoms with Gasteiger partial charge in [0.05, 0.1) is 50.3 Å². The number of hydrogen-bond acceptors (Lipinski definition) is 21. The highest BCUT2D eigenvalue weighted by molar-refractivity contribution is 7.67. The van der Waals surface area contributed by atoms with Crippen LogP contribution in [0.5, 0.6) is 0 Å². The largest absolute Gasteiger partial charge is 0.459 e. The van der Waals surface area contributed by atoms with E-state index < -0.39 is 116 Å². The zero-order valence-corrected chi connectivity index (χ0v) is 55.2. The van der Waals surface area contributed by atoms with Crippen molar-refractivity contribution in [2.45, 2.75) is 61.3 Å². The Labute approximate surface area is 584 Å². The Morgan fingerprint density at radius 2 is 0.717 bits per heavy atom. The number of esters is 7. The fourth-order valence-electron chi connectivity index (χ4n) is 10.6. The van der Waals surface area contributed by atoms with Gasteiger partial charge in [0.1, 0.15) is 31.5 Å². The zero-order valence-electron chi connectivity index (χ0n) is 52.0. The van der Waals surface area contributed by atoms with Gasteiger partial charge < -0.3 is 47.4 Å². The summed E-state index contributed by atoms with van der Waals surface area (Å²) in [7, 11) is 2.39. The lowest BCUT2D eigenvalue weighted by Gasteiger charge is -2.48. The van der Waals surface area contributed by atoms with Crippen LogP contribution < -0.4 is 9.60 Å². The Hall–Kier alpha value is -10.7. The van der Waals surface area contributed by atoms with Crippen LogP contribution in [-0.4, -0.2) is 121 Å². The first-order chi connectivity index (χ1) is 47.9. The van der Waals surface area contributed by atoms with Crippen molar-refractivity contribution in [1.82, 2.24) is 4.57 Å². The molecule has 10 atom stereocenters. The monoisotopic (exact) mass is 1410 g/mol. The summed E-state index contributed by atoms with van der Waals surface area (Å²) in [5.74, 6) is -6.67. The average molecular weight is 1410 g/mol. The Kier molecular flexibility index (Phi) is 23.6. The molecule has 99 heavy (non-hydrogen) atoms. The van der Waals surface area contributed by atoms with Crippen LogP contribution in [0.4, 0.5) is 5.69 Å². The molecular weight excluding hydrogens is 1350 g/mol. The second kappa shape index (κ2) is 33.5. The Morgan fingerprint density at radius 1 is 0.374 bits per heavy atom. The first-order valence-corrected chi connectivity index (χ1v) is 33.3. The lowest BCUT2D eigenvalue weighted by Crippen LogP contribution is -2.67. The molecule has 1 aromatic heterocycles. The van der Waals surface area contributed by atoms with E-state index in [0.717, 1.165) is 10.3 Å². The van der Waals surface area contributed by atoms with Crippen LogP contribution in [0, 0.1) is 0 Å². The minimum Gasteiger partial charge on any atom is -0.459 e. The molecule has 9 aromatic carbocycles. The molecule has 0 saturated carbocycles. The number of para-hydroxylation sites is 1. The van der Waals surface area contributed by atoms with E-state index in [2.05, 4.69) is 0 Å². The third kappa shape index (κ3) is 17.5. The Morgan fingerprint density at radius 3 is 1.13 bits per heavy atom. The van der Waals surface area contributed by atoms with Crippen molar-refractivity contribution >= 4 is 92.2 Å². The number of aromatic nitrogens is 1. The normalized spacial score (nSPS) is 20.5. The second-order valence-electron chi connectivity index (χ2n) is 21.9. The van der Waals surface area contributed by atoms with Gasteiger partial charge in [-0.25, -0.2) is 43.5 Å². The lowest BCUT2D eigenvalue weighted by atomic mass is 9.95. The molecule has 0 radical (unpaired) electrons. The predicted octanol–water partition coefficient (Wildman–Crippen LogP) is 12.5. The van der Waals surface area contributed by atoms with Crippen molar-refractivity contribution in [3.8, 4) is 5.69 Å². The first-order valence-electron chi connectivity index (χ1n) is 30.7. The van der Waals surface area contributed by atoms with E-state index in [0.29, 0.717) is 21.2 Å². The third-order valence-electron chi connectivity index (χ3n) is 15.4. The predicted molar refractivity (Wildman–Crippen MR) is 365 cm³/mol. The molecule has 2 fully saturated rings. The third-order valence-corrected chi connectivity index (χ3v) is 17.7. The van der Waals surface area contributed by atoms with E-state index in [9.17, 15) is 28.8 Å². The molecule has 24 heteroatoms. The molecule has 2 aliphatic rings. The van der Waals surface area contributed by atoms with Gasteiger partial charge >= 0.3 is 41.8 Å². The molecule has 10 aromatic rings. The van der Waals surface area contributed by atoms with Gasteiger partial charge in [-0.3, -0.25) is 4.57 Å². The summed E-state index contributed by atoms with van der Waals surface area (Å²) in [6, 6.07) is 71.0. The molecule has 12 rings (SSSR count). The summed E-state index contributed by atoms with van der Waals surface area (Å²) in [6.07, 6.45) is -18.8. The molecule has 0 amide bonds. The minimum absolute atomic E-state index is 0. The number of halogens is 2. The molecule has 0 bridgehead atoms. The van der Waals surface area contributed by atoms with Gasteiger partial charge in [0.15, 0.2) is 43.0 Å². The lowest BCUT2D eigenvalue weighted by molar-refractivity contribution is -0.338. The quantitative estimate of drug-likeness (QED) is 0.0369. The highest BCUT2D eigenvalue weighted by Gasteiger charge is 2.58. The van der Waals surface area contributed by atoms with Crippen molar-refractivity contribution in [2.24, 2.45) is 9.98 Å². The van der Waals surface area contributed by atoms with Crippen LogP contribution in [0.1, 0.15) is 72.5 Å². The topological polar surface area (TPSA) is 241 Å². The average Bonchev–Trinajstić information content (AvgIpc) is 1.63. The Bertz CT molecular complexity index is 4540. The van der Waals surface area contributed by atoms with Crippen molar-refractivity contribution in [3.63, 3.8) is 0 Å². The van der Waals surface area contributed by atoms with Gasteiger partial charge in [0.2, 0.25) is 9.60 Å². The molecule has 0 unspecified atom stereocenters. The number of carbonyl (C=O) groups excluding carboxylic acids is 7. The van der Waals surface area contributed by atoms with Gasteiger partial charge in [-0.2, -0.15) is 0 Å². The van der Waals surface area contributed by atoms with Crippen molar-refractivity contribution < 1.29 is 80.9 Å². The molecule has 0 spiro atoms. The van der Waals surface area contributed by atoms with Crippen LogP contribution >= 0.6 is 44.7 Å². The van der Waals surface area contributed by atoms with Crippen LogP contribution in [0.25, 0.3) is 5.69 Å². The maximum Gasteiger partial charge on any atom is 0.338 e. The molecule has 3 heterocycles. The van der Waals surface area contributed by atoms with E-state index in [1.54, 1.807) is 156 Å². The van der Waals surface area contributed by atoms with E-state index in [1.807, 2.05) is 30.3 Å². The van der Waals surface area contributed by atoms with Crippen LogP contribution in [0.2, 0.25) is 5.02 Å². The summed E-state index contributed by atoms with van der Waals surface area (Å²) in [6.45, 7) is -1.52. The maximum absolute atomic E-state index is 15.1. The Balaban J connectivity index is 0.00000990. The number of ether oxygens (including phenoxy) is 10. The van der Waals surface area contributed by atoms with Gasteiger partial charge in [-0.15, -0.1) is 12.4 Å². The number of benzene rings is 9. The number of rotatable bonds is 21. The minimum atomic E-state index is -2.12. The summed E-state index contributed by atoms with van der Waals surface area (Å²) in [4.78, 5) is 113. The SMILES string of the molecule is Cl.O=C(OC[C@H]1O[C@@H](O[C@H]2[C@H](OC(=O)c3ccccc3)[C@@H](OC(=O)c3ccccc3)[C@H](/N=c3\ssc(=Nc4ccccc4)n3-c3cccc(Cl)c3)O[C@@H]2COC(=O)c2ccccc2)[C@H](OC(=O)c2ccccc2)[C@@H](OC(=O)c2ccccc2)[C@H]1OC(=O)c1ccccc1)c1ccccc1. The standard InChI is InChI=1S/C75H58ClN3O17S2.ClH/c76-54-40-25-43-56(44-54)79-74(77-55-41-23-8-24-42-55)97-98-75(79)78-65-63(94-71(85)52-36-19-6-20-37-52)61(92-69(83)50-32-15-4-16-33-50)60(57(89-65)45-87-66(80)47-26-9-1-10-27-47)96-73-64(95-72(86)53-38-21-7-22-39-53)62(93-70(84)51-34-17-5-18-35-51)59(91-68(82)49-30-13-3-14-31-49)58(90-73)46-88-67(81)48-28-11-2-12-29-48;/h1-44,57-65,73H,45-46H2;1H/b77-74?,78-75-;/t57-,58-,59+,60-,61+,62+,63-,64-,65-,73+;/m1./s1. The smallest absolute Gasteiger partial charge is 0.338 e. The molecule has 2 saturated heterocycles. The molecular formula is C75H59Cl2N3O17S2. The molecule has 2 aliphatic heterocycles. The highest BCUT2D eigenvalue weighted by atomic mass is 35.5. The van der Waals surface area contributed by atoms with Crippen LogP contribution in [0.3, 0.4) is 0 Å². The zero-order chi connectivity index (χ0) is 67.7. The van der Waals surface area contributed by atoms with Gasteiger partial charge in [0.25, 0.3) is 0 Å². The van der Waals surface area contributed by atoms with Gasteiger partial charge in [0, 0.05) is 5.02 Å². The van der Waals surface area contributed by atoms with Gasteiger partial charge in [-0.1, -0.05) is 163 Å². The van der Waals surface area contributed by atoms with Crippen molar-refractivity contribution in [3.05, 3.63) is 320 Å². The fourth-order valence-corrected chi connectivity index (χ4v) is 13.0.